The Hall–Kier alpha value is -1.43. The van der Waals surface area contributed by atoms with E-state index in [1.54, 1.807) is 24.3 Å². The van der Waals surface area contributed by atoms with Crippen LogP contribution in [0.3, 0.4) is 0 Å². The molecule has 1 aromatic carbocycles. The second-order valence-electron chi connectivity index (χ2n) is 5.50. The van der Waals surface area contributed by atoms with Gasteiger partial charge in [0.05, 0.1) is 12.1 Å². The molecular weight excluding hydrogens is 292 g/mol. The van der Waals surface area contributed by atoms with Crippen molar-refractivity contribution < 1.29 is 14.7 Å². The number of imide groups is 1. The maximum atomic E-state index is 11.8. The predicted octanol–water partition coefficient (Wildman–Crippen LogP) is 1.44. The lowest BCUT2D eigenvalue weighted by molar-refractivity contribution is -0.132. The lowest BCUT2D eigenvalue weighted by Gasteiger charge is -2.46. The molecule has 0 spiro atoms. The third kappa shape index (κ3) is 4.27. The molecule has 0 aromatic heterocycles. The van der Waals surface area contributed by atoms with Crippen LogP contribution in [0.1, 0.15) is 30.1 Å². The Kier molecular flexibility index (Phi) is 4.98. The molecule has 0 radical (unpaired) electrons. The molecule has 1 aliphatic rings. The number of benzene rings is 1. The summed E-state index contributed by atoms with van der Waals surface area (Å²) in [5.74, 6) is -0.811. The molecular formula is C15H19ClN2O3. The minimum Gasteiger partial charge on any atom is -0.387 e. The van der Waals surface area contributed by atoms with Gasteiger partial charge in [-0.05, 0) is 30.7 Å². The van der Waals surface area contributed by atoms with Gasteiger partial charge in [-0.1, -0.05) is 24.9 Å². The quantitative estimate of drug-likeness (QED) is 0.863. The van der Waals surface area contributed by atoms with E-state index in [0.29, 0.717) is 23.7 Å². The number of nitrogens with zero attached hydrogens (tertiary/aromatic N) is 1. The van der Waals surface area contributed by atoms with Crippen molar-refractivity contribution in [3.05, 3.63) is 34.9 Å². The summed E-state index contributed by atoms with van der Waals surface area (Å²) in [4.78, 5) is 25.4. The van der Waals surface area contributed by atoms with Gasteiger partial charge in [-0.15, -0.1) is 0 Å². The van der Waals surface area contributed by atoms with Crippen LogP contribution in [0, 0.1) is 0 Å². The number of rotatable bonds is 5. The number of β-amino-alcohol motifs (C(OH)–C–C–N with tert-alkyl or cyclic N) is 1. The highest BCUT2D eigenvalue weighted by molar-refractivity contribution is 6.30. The van der Waals surface area contributed by atoms with Crippen molar-refractivity contribution in [1.29, 1.82) is 0 Å². The number of nitrogens with one attached hydrogen (secondary N) is 1. The van der Waals surface area contributed by atoms with E-state index < -0.39 is 11.5 Å². The molecule has 114 valence electrons. The fourth-order valence-electron chi connectivity index (χ4n) is 2.56. The van der Waals surface area contributed by atoms with Crippen molar-refractivity contribution in [2.75, 3.05) is 19.6 Å². The van der Waals surface area contributed by atoms with Crippen molar-refractivity contribution in [1.82, 2.24) is 10.2 Å². The van der Waals surface area contributed by atoms with E-state index in [0.717, 1.165) is 12.8 Å². The number of carbonyl (C=O) groups excluding carboxylic acids is 2. The zero-order valence-electron chi connectivity index (χ0n) is 11.9. The first-order valence-corrected chi connectivity index (χ1v) is 7.34. The maximum absolute atomic E-state index is 11.8. The van der Waals surface area contributed by atoms with Crippen molar-refractivity contribution in [2.45, 2.75) is 25.4 Å². The number of amides is 2. The lowest BCUT2D eigenvalue weighted by atomic mass is 9.89. The summed E-state index contributed by atoms with van der Waals surface area (Å²) in [7, 11) is 0. The molecule has 21 heavy (non-hydrogen) atoms. The van der Waals surface area contributed by atoms with Gasteiger partial charge in [0, 0.05) is 23.7 Å². The molecule has 1 fully saturated rings. The maximum Gasteiger partial charge on any atom is 0.257 e. The Labute approximate surface area is 128 Å². The largest absolute Gasteiger partial charge is 0.387 e. The molecule has 2 amide bonds. The summed E-state index contributed by atoms with van der Waals surface area (Å²) in [6, 6.07) is 6.33. The molecule has 1 heterocycles. The van der Waals surface area contributed by atoms with Crippen LogP contribution in [0.15, 0.2) is 24.3 Å². The van der Waals surface area contributed by atoms with Gasteiger partial charge >= 0.3 is 0 Å². The topological polar surface area (TPSA) is 69.6 Å². The molecule has 6 heteroatoms. The van der Waals surface area contributed by atoms with Gasteiger partial charge in [0.1, 0.15) is 0 Å². The van der Waals surface area contributed by atoms with E-state index in [1.807, 2.05) is 11.8 Å². The van der Waals surface area contributed by atoms with Gasteiger partial charge in [0.25, 0.3) is 5.91 Å². The number of likely N-dealkylation sites (tertiary alicyclic amines) is 1. The van der Waals surface area contributed by atoms with Gasteiger partial charge in [0.15, 0.2) is 0 Å². The Bertz CT molecular complexity index is 524. The number of halogens is 1. The van der Waals surface area contributed by atoms with Crippen LogP contribution < -0.4 is 5.32 Å². The minimum atomic E-state index is -0.671. The van der Waals surface area contributed by atoms with Gasteiger partial charge in [0.2, 0.25) is 5.91 Å². The monoisotopic (exact) mass is 310 g/mol. The molecule has 0 atom stereocenters. The van der Waals surface area contributed by atoms with Crippen LogP contribution in [-0.4, -0.2) is 47.1 Å². The molecule has 2 rings (SSSR count). The summed E-state index contributed by atoms with van der Waals surface area (Å²) < 4.78 is 0. The van der Waals surface area contributed by atoms with Crippen LogP contribution in [0.5, 0.6) is 0 Å². The smallest absolute Gasteiger partial charge is 0.257 e. The number of hydrogen-bond acceptors (Lipinski definition) is 4. The first kappa shape index (κ1) is 15.9. The van der Waals surface area contributed by atoms with E-state index >= 15 is 0 Å². The normalized spacial score (nSPS) is 17.1. The third-order valence-electron chi connectivity index (χ3n) is 3.48. The average molecular weight is 311 g/mol. The minimum absolute atomic E-state index is 0.116. The van der Waals surface area contributed by atoms with Gasteiger partial charge in [-0.2, -0.15) is 0 Å². The molecule has 0 saturated carbocycles. The van der Waals surface area contributed by atoms with Gasteiger partial charge in [-0.3, -0.25) is 19.8 Å². The van der Waals surface area contributed by atoms with Gasteiger partial charge < -0.3 is 5.11 Å². The standard InChI is InChI=1S/C15H19ClN2O3/c1-2-7-15(21)9-18(10-15)8-13(19)17-14(20)11-3-5-12(16)6-4-11/h3-6,21H,2,7-10H2,1H3,(H,17,19,20). The molecule has 0 unspecified atom stereocenters. The van der Waals surface area contributed by atoms with E-state index in [-0.39, 0.29) is 12.5 Å². The Morgan fingerprint density at radius 2 is 1.95 bits per heavy atom. The van der Waals surface area contributed by atoms with E-state index in [4.69, 9.17) is 11.6 Å². The molecule has 0 bridgehead atoms. The van der Waals surface area contributed by atoms with Crippen molar-refractivity contribution >= 4 is 23.4 Å². The highest BCUT2D eigenvalue weighted by Gasteiger charge is 2.40. The molecule has 0 aliphatic carbocycles. The van der Waals surface area contributed by atoms with Crippen LogP contribution in [0.25, 0.3) is 0 Å². The summed E-state index contributed by atoms with van der Waals surface area (Å²) in [5.41, 5.74) is -0.284. The Morgan fingerprint density at radius 3 is 2.52 bits per heavy atom. The molecule has 1 aliphatic heterocycles. The molecule has 5 nitrogen and oxygen atoms in total. The highest BCUT2D eigenvalue weighted by atomic mass is 35.5. The first-order valence-electron chi connectivity index (χ1n) is 6.96. The van der Waals surface area contributed by atoms with Crippen molar-refractivity contribution in [3.8, 4) is 0 Å². The van der Waals surface area contributed by atoms with Crippen LogP contribution in [0.2, 0.25) is 5.02 Å². The van der Waals surface area contributed by atoms with Crippen molar-refractivity contribution in [2.24, 2.45) is 0 Å². The van der Waals surface area contributed by atoms with E-state index in [2.05, 4.69) is 5.32 Å². The van der Waals surface area contributed by atoms with Crippen LogP contribution in [0.4, 0.5) is 0 Å². The second-order valence-corrected chi connectivity index (χ2v) is 5.94. The fourth-order valence-corrected chi connectivity index (χ4v) is 2.69. The zero-order chi connectivity index (χ0) is 15.5. The van der Waals surface area contributed by atoms with Gasteiger partial charge in [-0.25, -0.2) is 0 Å². The zero-order valence-corrected chi connectivity index (χ0v) is 12.7. The summed E-state index contributed by atoms with van der Waals surface area (Å²) in [5, 5.41) is 12.9. The van der Waals surface area contributed by atoms with E-state index in [9.17, 15) is 14.7 Å². The number of aliphatic hydroxyl groups is 1. The fraction of sp³-hybridized carbons (Fsp3) is 0.467. The number of hydrogen-bond donors (Lipinski definition) is 2. The first-order chi connectivity index (χ1) is 9.92. The lowest BCUT2D eigenvalue weighted by Crippen LogP contribution is -2.63. The molecule has 1 aromatic rings. The van der Waals surface area contributed by atoms with E-state index in [1.165, 1.54) is 0 Å². The molecule has 2 N–H and O–H groups in total. The second kappa shape index (κ2) is 6.56. The summed E-state index contributed by atoms with van der Waals surface area (Å²) in [6.45, 7) is 3.08. The predicted molar refractivity (Wildman–Crippen MR) is 80.2 cm³/mol. The third-order valence-corrected chi connectivity index (χ3v) is 3.73. The molecule has 1 saturated heterocycles. The van der Waals surface area contributed by atoms with Crippen LogP contribution >= 0.6 is 11.6 Å². The Morgan fingerprint density at radius 1 is 1.33 bits per heavy atom. The number of carbonyl (C=O) groups is 2. The SMILES string of the molecule is CCCC1(O)CN(CC(=O)NC(=O)c2ccc(Cl)cc2)C1. The van der Waals surface area contributed by atoms with Crippen LogP contribution in [-0.2, 0) is 4.79 Å². The summed E-state index contributed by atoms with van der Waals surface area (Å²) >= 11 is 5.74. The average Bonchev–Trinajstić information content (AvgIpc) is 2.37. The summed E-state index contributed by atoms with van der Waals surface area (Å²) in [6.07, 6.45) is 1.64. The van der Waals surface area contributed by atoms with Crippen molar-refractivity contribution in [3.63, 3.8) is 0 Å². The highest BCUT2D eigenvalue weighted by Crippen LogP contribution is 2.25. The Balaban J connectivity index is 1.78.